The minimum atomic E-state index is -0.521. The van der Waals surface area contributed by atoms with E-state index in [2.05, 4.69) is 27.7 Å². The molecule has 4 heterocycles. The maximum Gasteiger partial charge on any atom is 0.338 e. The van der Waals surface area contributed by atoms with Gasteiger partial charge in [0.15, 0.2) is 0 Å². The highest BCUT2D eigenvalue weighted by Gasteiger charge is 2.21. The van der Waals surface area contributed by atoms with E-state index in [1.165, 1.54) is 25.7 Å². The van der Waals surface area contributed by atoms with Crippen molar-refractivity contribution < 1.29 is 38.0 Å². The molecule has 0 saturated carbocycles. The maximum absolute atomic E-state index is 14.0. The highest BCUT2D eigenvalue weighted by Crippen LogP contribution is 2.38. The van der Waals surface area contributed by atoms with Crippen molar-refractivity contribution in [3.05, 3.63) is 108 Å². The topological polar surface area (TPSA) is 141 Å². The number of carbonyl (C=O) groups excluding carboxylic acids is 2. The van der Waals surface area contributed by atoms with Gasteiger partial charge in [-0.15, -0.1) is 0 Å². The molecule has 12 heteroatoms. The van der Waals surface area contributed by atoms with Gasteiger partial charge in [0.05, 0.1) is 84.9 Å². The Hall–Kier alpha value is -6.82. The van der Waals surface area contributed by atoms with Crippen LogP contribution in [-0.2, 0) is 9.47 Å². The van der Waals surface area contributed by atoms with E-state index in [1.807, 2.05) is 88.4 Å². The third-order valence-electron chi connectivity index (χ3n) is 13.1. The molecule has 12 nitrogen and oxygen atoms in total. The van der Waals surface area contributed by atoms with E-state index in [1.54, 1.807) is 36.7 Å². The molecule has 2 aromatic carbocycles. The lowest BCUT2D eigenvalue weighted by Gasteiger charge is -2.16. The zero-order valence-corrected chi connectivity index (χ0v) is 48.0. The Morgan fingerprint density at radius 3 is 1.09 bits per heavy atom. The van der Waals surface area contributed by atoms with Crippen molar-refractivity contribution in [2.75, 3.05) is 39.6 Å². The van der Waals surface area contributed by atoms with Gasteiger partial charge in [-0.25, -0.2) is 19.6 Å². The molecule has 0 aliphatic rings. The van der Waals surface area contributed by atoms with E-state index in [9.17, 15) is 9.59 Å². The van der Waals surface area contributed by atoms with Crippen molar-refractivity contribution in [2.24, 2.45) is 11.8 Å². The molecule has 0 radical (unpaired) electrons. The van der Waals surface area contributed by atoms with Crippen molar-refractivity contribution >= 4 is 11.9 Å². The van der Waals surface area contributed by atoms with Crippen LogP contribution in [0.25, 0.3) is 56.4 Å². The Morgan fingerprint density at radius 1 is 0.397 bits per heavy atom. The number of nitrogens with zero attached hydrogens (tertiary/aromatic N) is 4. The number of ether oxygens (including phenoxy) is 6. The first kappa shape index (κ1) is 60.4. The number of benzene rings is 2. The Kier molecular flexibility index (Phi) is 25.4. The van der Waals surface area contributed by atoms with E-state index in [0.29, 0.717) is 60.6 Å². The third kappa shape index (κ3) is 19.3. The lowest BCUT2D eigenvalue weighted by atomic mass is 10.0. The fourth-order valence-electron chi connectivity index (χ4n) is 8.71. The minimum Gasteiger partial charge on any atom is -0.493 e. The molecular formula is C66H86N4O8. The number of pyridine rings is 4. The average Bonchev–Trinajstić information content (AvgIpc) is 3.51. The van der Waals surface area contributed by atoms with Gasteiger partial charge < -0.3 is 28.4 Å². The number of unbranched alkanes of at least 4 members (excludes halogenated alkanes) is 12. The van der Waals surface area contributed by atoms with E-state index in [0.717, 1.165) is 122 Å². The average molecular weight is 1060 g/mol. The predicted molar refractivity (Wildman–Crippen MR) is 314 cm³/mol. The van der Waals surface area contributed by atoms with Gasteiger partial charge in [0.25, 0.3) is 0 Å². The summed E-state index contributed by atoms with van der Waals surface area (Å²) in [6, 6.07) is 26.5. The monoisotopic (exact) mass is 1060 g/mol. The molecule has 418 valence electrons. The molecule has 78 heavy (non-hydrogen) atoms. The number of carbonyl (C=O) groups is 2. The van der Waals surface area contributed by atoms with Gasteiger partial charge in [-0.3, -0.25) is 9.97 Å². The molecule has 0 amide bonds. The van der Waals surface area contributed by atoms with Gasteiger partial charge >= 0.3 is 11.9 Å². The molecule has 6 aromatic rings. The van der Waals surface area contributed by atoms with Crippen LogP contribution in [0.4, 0.5) is 0 Å². The Bertz CT molecular complexity index is 2600. The van der Waals surface area contributed by atoms with Crippen molar-refractivity contribution in [2.45, 2.75) is 158 Å². The molecule has 0 unspecified atom stereocenters. The van der Waals surface area contributed by atoms with Gasteiger partial charge in [-0.2, -0.15) is 0 Å². The number of hydrogen-bond acceptors (Lipinski definition) is 12. The summed E-state index contributed by atoms with van der Waals surface area (Å²) in [5.41, 5.74) is 6.46. The number of esters is 2. The Morgan fingerprint density at radius 2 is 0.744 bits per heavy atom. The summed E-state index contributed by atoms with van der Waals surface area (Å²) in [4.78, 5) is 47.9. The lowest BCUT2D eigenvalue weighted by Crippen LogP contribution is -2.12. The summed E-state index contributed by atoms with van der Waals surface area (Å²) in [5, 5.41) is 0. The molecule has 0 aliphatic heterocycles. The Balaban J connectivity index is 1.43. The van der Waals surface area contributed by atoms with Gasteiger partial charge in [0.2, 0.25) is 0 Å². The zero-order valence-electron chi connectivity index (χ0n) is 48.0. The quantitative estimate of drug-likeness (QED) is 0.0276. The van der Waals surface area contributed by atoms with Crippen LogP contribution < -0.4 is 18.9 Å². The second-order valence-electron chi connectivity index (χ2n) is 21.0. The summed E-state index contributed by atoms with van der Waals surface area (Å²) in [6.45, 7) is 19.6. The van der Waals surface area contributed by atoms with E-state index in [4.69, 9.17) is 48.4 Å². The summed E-state index contributed by atoms with van der Waals surface area (Å²) < 4.78 is 37.1. The zero-order chi connectivity index (χ0) is 55.5. The van der Waals surface area contributed by atoms with Crippen molar-refractivity contribution in [3.63, 3.8) is 0 Å². The number of aromatic nitrogens is 4. The summed E-state index contributed by atoms with van der Waals surface area (Å²) in [6.07, 6.45) is 21.0. The minimum absolute atomic E-state index is 0.107. The van der Waals surface area contributed by atoms with Crippen LogP contribution in [0.5, 0.6) is 23.0 Å². The summed E-state index contributed by atoms with van der Waals surface area (Å²) in [5.74, 6) is 2.13. The predicted octanol–water partition coefficient (Wildman–Crippen LogP) is 17.1. The van der Waals surface area contributed by atoms with Crippen molar-refractivity contribution in [1.29, 1.82) is 0 Å². The molecule has 0 aliphatic carbocycles. The lowest BCUT2D eigenvalue weighted by molar-refractivity contribution is 0.0450. The second-order valence-corrected chi connectivity index (χ2v) is 21.0. The molecule has 0 atom stereocenters. The smallest absolute Gasteiger partial charge is 0.338 e. The van der Waals surface area contributed by atoms with Gasteiger partial charge in [-0.05, 0) is 121 Å². The second kappa shape index (κ2) is 32.8. The first-order valence-electron chi connectivity index (χ1n) is 29.1. The molecule has 4 aromatic heterocycles. The summed E-state index contributed by atoms with van der Waals surface area (Å²) >= 11 is 0. The fourth-order valence-corrected chi connectivity index (χ4v) is 8.71. The van der Waals surface area contributed by atoms with Crippen LogP contribution in [0.15, 0.2) is 97.3 Å². The molecule has 0 saturated heterocycles. The fraction of sp³-hybridized carbons (Fsp3) is 0.485. The number of hydrogen-bond donors (Lipinski definition) is 0. The van der Waals surface area contributed by atoms with E-state index < -0.39 is 11.9 Å². The summed E-state index contributed by atoms with van der Waals surface area (Å²) in [7, 11) is 0. The molecular weight excluding hydrogens is 977 g/mol. The van der Waals surface area contributed by atoms with Crippen LogP contribution in [0, 0.1) is 11.8 Å². The van der Waals surface area contributed by atoms with Gasteiger partial charge in [0.1, 0.15) is 23.0 Å². The van der Waals surface area contributed by atoms with Crippen LogP contribution in [0.1, 0.15) is 179 Å². The van der Waals surface area contributed by atoms with E-state index >= 15 is 0 Å². The van der Waals surface area contributed by atoms with Crippen molar-refractivity contribution in [1.82, 2.24) is 19.9 Å². The van der Waals surface area contributed by atoms with Crippen LogP contribution in [0.3, 0.4) is 0 Å². The molecule has 0 spiro atoms. The highest BCUT2D eigenvalue weighted by molar-refractivity contribution is 5.94. The first-order valence-corrected chi connectivity index (χ1v) is 29.1. The van der Waals surface area contributed by atoms with Crippen LogP contribution in [0.2, 0.25) is 0 Å². The van der Waals surface area contributed by atoms with E-state index in [-0.39, 0.29) is 36.2 Å². The molecule has 0 N–H and O–H groups in total. The maximum atomic E-state index is 14.0. The third-order valence-corrected chi connectivity index (χ3v) is 13.1. The molecule has 0 bridgehead atoms. The molecule has 0 fully saturated rings. The van der Waals surface area contributed by atoms with Crippen molar-refractivity contribution in [3.8, 4) is 79.4 Å². The van der Waals surface area contributed by atoms with Crippen LogP contribution in [-0.4, -0.2) is 71.5 Å². The van der Waals surface area contributed by atoms with Gasteiger partial charge in [0, 0.05) is 35.7 Å². The molecule has 6 rings (SSSR count). The largest absolute Gasteiger partial charge is 0.493 e. The first-order chi connectivity index (χ1) is 38.0. The van der Waals surface area contributed by atoms with Crippen LogP contribution >= 0.6 is 0 Å². The highest BCUT2D eigenvalue weighted by atomic mass is 16.5. The Labute approximate surface area is 465 Å². The van der Waals surface area contributed by atoms with Gasteiger partial charge in [-0.1, -0.05) is 132 Å². The standard InChI is InChI=1S/C66H86N4O8/c1-9-13-17-21-33-73-53-25-27-55(63(43-53)75-35-23-19-15-11-3)49-29-31-67-57(37-49)59-39-51(65(71)77-45-47(5)6)41-61(69-59)62-42-52(66(72)78-46-48(7)8)40-60(70-62)58-38-50(30-32-68-58)56-28-26-54(74-34-22-18-14-10-2)44-64(56)76-36-24-20-16-12-4/h25-32,37-44,47-48H,9-24,33-36,45-46H2,1-8H3. The SMILES string of the molecule is CCCCCCOc1ccc(-c2ccnc(-c3cc(C(=O)OCC(C)C)cc(-c4cc(C(=O)OCC(C)C)cc(-c5cc(-c6ccc(OCCCCCC)cc6OCCCCCC)ccn5)n4)n3)c2)c(OCCCCCC)c1. The normalized spacial score (nSPS) is 11.3. The number of rotatable bonds is 35.